The highest BCUT2D eigenvalue weighted by Crippen LogP contribution is 2.32. The fourth-order valence-electron chi connectivity index (χ4n) is 9.83. The van der Waals surface area contributed by atoms with E-state index in [1.54, 1.807) is 78.9 Å². The molecule has 0 bridgehead atoms. The average Bonchev–Trinajstić information content (AvgIpc) is 1.80. The topological polar surface area (TPSA) is 415 Å². The van der Waals surface area contributed by atoms with Gasteiger partial charge in [-0.3, -0.25) is 48.1 Å². The molecule has 0 fully saturated rings. The summed E-state index contributed by atoms with van der Waals surface area (Å²) < 4.78 is 5.85. The lowest BCUT2D eigenvalue weighted by Crippen LogP contribution is -2.66. The predicted octanol–water partition coefficient (Wildman–Crippen LogP) is 2.74. The number of aliphatic carboxylic acids is 2. The highest BCUT2D eigenvalue weighted by molar-refractivity contribution is 8.15. The SMILES string of the molecule is CC(=O)NCCCC[C@H](NC(=O)C(CO)NC(=O)[C@H](Cc1ccccc1)NC(=O)C(Cc1ccc(O)cc1)NC(=O)[C@](C)(NC(=O)C(CCCCN(C)C)NC(=O)CNC(=O)OCc1ccccc1)[C@H](C)CC(=O)O)C(=O)Nc1ccc2nc(C3=NC(C(=O)O)CS3)sc2c1. The van der Waals surface area contributed by atoms with Crippen LogP contribution in [0.4, 0.5) is 10.5 Å². The Bertz CT molecular complexity index is 3530. The summed E-state index contributed by atoms with van der Waals surface area (Å²) >= 11 is 2.51. The fourth-order valence-corrected chi connectivity index (χ4v) is 11.9. The van der Waals surface area contributed by atoms with Crippen LogP contribution >= 0.6 is 23.1 Å². The molecule has 2 heterocycles. The van der Waals surface area contributed by atoms with Gasteiger partial charge in [0, 0.05) is 37.8 Å². The van der Waals surface area contributed by atoms with Gasteiger partial charge in [0.1, 0.15) is 64.7 Å². The van der Waals surface area contributed by atoms with Crippen LogP contribution in [0.15, 0.2) is 108 Å². The van der Waals surface area contributed by atoms with Crippen molar-refractivity contribution in [3.8, 4) is 5.75 Å². The van der Waals surface area contributed by atoms with Gasteiger partial charge in [0.2, 0.25) is 47.3 Å². The number of phenols is 1. The summed E-state index contributed by atoms with van der Waals surface area (Å²) in [6.07, 6.45) is -0.407. The van der Waals surface area contributed by atoms with Crippen molar-refractivity contribution >= 4 is 109 Å². The zero-order valence-corrected chi connectivity index (χ0v) is 54.9. The first kappa shape index (κ1) is 74.5. The number of carboxylic acids is 2. The molecule has 9 amide bonds. The lowest BCUT2D eigenvalue weighted by Gasteiger charge is -2.37. The second-order valence-corrected chi connectivity index (χ2v) is 25.3. The van der Waals surface area contributed by atoms with E-state index in [4.69, 9.17) is 4.74 Å². The number of nitrogens with one attached hydrogen (secondary N) is 9. The van der Waals surface area contributed by atoms with E-state index in [0.717, 1.165) is 0 Å². The van der Waals surface area contributed by atoms with Crippen molar-refractivity contribution < 1.29 is 77.9 Å². The van der Waals surface area contributed by atoms with Crippen LogP contribution < -0.4 is 47.9 Å². The number of hydrogen-bond acceptors (Lipinski definition) is 19. The van der Waals surface area contributed by atoms with Crippen LogP contribution in [-0.4, -0.2) is 189 Å². The molecule has 13 N–H and O–H groups in total. The number of aliphatic hydroxyl groups excluding tert-OH is 1. The van der Waals surface area contributed by atoms with Gasteiger partial charge in [-0.1, -0.05) is 79.7 Å². The lowest BCUT2D eigenvalue weighted by atomic mass is 9.82. The molecular formula is C65H82N12O16S2. The Kier molecular flexibility index (Phi) is 28.9. The van der Waals surface area contributed by atoms with Gasteiger partial charge in [0.05, 0.1) is 23.2 Å². The van der Waals surface area contributed by atoms with Crippen LogP contribution in [0.25, 0.3) is 10.2 Å². The summed E-state index contributed by atoms with van der Waals surface area (Å²) in [5, 5.41) is 65.0. The highest BCUT2D eigenvalue weighted by Gasteiger charge is 2.44. The van der Waals surface area contributed by atoms with Crippen molar-refractivity contribution in [3.05, 3.63) is 125 Å². The van der Waals surface area contributed by atoms with Crippen molar-refractivity contribution in [1.82, 2.24) is 52.4 Å². The van der Waals surface area contributed by atoms with Gasteiger partial charge in [-0.25, -0.2) is 14.6 Å². The number of rotatable bonds is 37. The summed E-state index contributed by atoms with van der Waals surface area (Å²) in [5.74, 6) is -10.2. The number of carboxylic acid groups (broad SMARTS) is 2. The predicted molar refractivity (Wildman–Crippen MR) is 355 cm³/mol. The van der Waals surface area contributed by atoms with Crippen LogP contribution in [-0.2, 0) is 72.1 Å². The first-order valence-electron chi connectivity index (χ1n) is 30.8. The third-order valence-corrected chi connectivity index (χ3v) is 17.6. The van der Waals surface area contributed by atoms with Crippen molar-refractivity contribution in [2.75, 3.05) is 51.4 Å². The number of aromatic nitrogens is 1. The van der Waals surface area contributed by atoms with Gasteiger partial charge >= 0.3 is 18.0 Å². The zero-order chi connectivity index (χ0) is 69.2. The number of carbonyl (C=O) groups excluding carboxylic acids is 9. The molecule has 8 atom stereocenters. The van der Waals surface area contributed by atoms with Crippen molar-refractivity contribution in [3.63, 3.8) is 0 Å². The van der Waals surface area contributed by atoms with Crippen molar-refractivity contribution in [2.24, 2.45) is 10.9 Å². The molecular weight excluding hydrogens is 1270 g/mol. The van der Waals surface area contributed by atoms with Crippen LogP contribution in [0.3, 0.4) is 0 Å². The molecule has 1 aliphatic heterocycles. The van der Waals surface area contributed by atoms with Crippen LogP contribution in [0.5, 0.6) is 5.75 Å². The Labute approximate surface area is 557 Å². The monoisotopic (exact) mass is 1350 g/mol. The number of phenolic OH excluding ortho intramolecular Hbond substituents is 1. The molecule has 4 unspecified atom stereocenters. The molecule has 95 heavy (non-hydrogen) atoms. The van der Waals surface area contributed by atoms with Crippen molar-refractivity contribution in [2.45, 2.75) is 127 Å². The van der Waals surface area contributed by atoms with E-state index in [2.05, 4.69) is 57.8 Å². The second-order valence-electron chi connectivity index (χ2n) is 23.2. The summed E-state index contributed by atoms with van der Waals surface area (Å²) in [6, 6.07) is 19.2. The van der Waals surface area contributed by atoms with Crippen LogP contribution in [0.2, 0.25) is 0 Å². The van der Waals surface area contributed by atoms with E-state index in [1.807, 2.05) is 19.0 Å². The number of amides is 9. The van der Waals surface area contributed by atoms with Gasteiger partial charge in [-0.2, -0.15) is 0 Å². The Balaban J connectivity index is 1.22. The number of benzene rings is 4. The number of nitrogens with zero attached hydrogens (tertiary/aromatic N) is 3. The molecule has 510 valence electrons. The van der Waals surface area contributed by atoms with Gasteiger partial charge in [0.25, 0.3) is 0 Å². The van der Waals surface area contributed by atoms with E-state index in [1.165, 1.54) is 68.1 Å². The smallest absolute Gasteiger partial charge is 0.407 e. The first-order valence-corrected chi connectivity index (χ1v) is 32.6. The number of thiazole rings is 1. The number of aliphatic hydroxyl groups is 1. The molecule has 4 aromatic carbocycles. The Morgan fingerprint density at radius 3 is 1.88 bits per heavy atom. The third kappa shape index (κ3) is 24.1. The summed E-state index contributed by atoms with van der Waals surface area (Å²) in [4.78, 5) is 160. The maximum Gasteiger partial charge on any atom is 0.407 e. The van der Waals surface area contributed by atoms with Gasteiger partial charge in [0.15, 0.2) is 6.04 Å². The van der Waals surface area contributed by atoms with E-state index >= 15 is 4.79 Å². The largest absolute Gasteiger partial charge is 0.508 e. The van der Waals surface area contributed by atoms with Gasteiger partial charge < -0.3 is 77.9 Å². The normalized spacial score (nSPS) is 15.2. The van der Waals surface area contributed by atoms with Crippen LogP contribution in [0.1, 0.15) is 87.4 Å². The molecule has 0 spiro atoms. The molecule has 5 aromatic rings. The minimum absolute atomic E-state index is 0.0259. The lowest BCUT2D eigenvalue weighted by molar-refractivity contribution is -0.143. The van der Waals surface area contributed by atoms with E-state index in [0.29, 0.717) is 74.9 Å². The number of fused-ring (bicyclic) bond motifs is 1. The molecule has 0 saturated carbocycles. The number of aliphatic imine (C=N–C) groups is 1. The Hall–Kier alpha value is -9.52. The standard InChI is InChI=1S/C65H82N12O16S2/c1-38(30-54(82)83)65(3,76-59(88)47(21-13-15-29-77(4)5)69-53(81)34-67-64(92)93-36-42-18-10-7-11-19-42)63(91)75-49(32-41-22-25-44(80)26-23-41)57(86)71-48(31-40-16-8-6-9-17-40)56(85)72-50(35-78)58(87)70-46(20-12-14-28-66-39(2)79)55(84)68-43-24-27-45-52(33-43)95-61(73-45)60-74-51(37-94-60)62(89)90/h6-11,16-19,22-27,33,38,46-51,78,80H,12-15,20-21,28-32,34-37H2,1-5H3,(H,66,79)(H,67,92)(H,68,84)(H,69,81)(H,70,87)(H,71,86)(H,72,85)(H,75,91)(H,76,88)(H,82,83)(H,89,90)/t38-,46+,47?,48+,49?,50?,51?,65-/m1/s1. The number of carbonyl (C=O) groups is 11. The molecule has 0 aliphatic carbocycles. The summed E-state index contributed by atoms with van der Waals surface area (Å²) in [7, 11) is 3.71. The van der Waals surface area contributed by atoms with Gasteiger partial charge in [-0.15, -0.1) is 23.1 Å². The average molecular weight is 1350 g/mol. The summed E-state index contributed by atoms with van der Waals surface area (Å²) in [5.41, 5.74) is 0.310. The van der Waals surface area contributed by atoms with Crippen LogP contribution in [0, 0.1) is 5.92 Å². The molecule has 6 rings (SSSR count). The molecule has 0 radical (unpaired) electrons. The zero-order valence-electron chi connectivity index (χ0n) is 53.3. The first-order chi connectivity index (χ1) is 45.3. The minimum atomic E-state index is -2.16. The van der Waals surface area contributed by atoms with E-state index in [-0.39, 0.29) is 56.2 Å². The molecule has 1 aliphatic rings. The maximum absolute atomic E-state index is 15.1. The Morgan fingerprint density at radius 1 is 0.684 bits per heavy atom. The number of anilines is 1. The van der Waals surface area contributed by atoms with Crippen molar-refractivity contribution in [1.29, 1.82) is 0 Å². The fraction of sp³-hybridized carbons (Fsp3) is 0.431. The number of thioether (sulfide) groups is 1. The number of unbranched alkanes of at least 4 members (excludes halogenated alkanes) is 2. The quantitative estimate of drug-likeness (QED) is 0.0254. The second kappa shape index (κ2) is 36.8. The molecule has 30 heteroatoms. The molecule has 28 nitrogen and oxygen atoms in total. The minimum Gasteiger partial charge on any atom is -0.508 e. The number of hydrogen-bond donors (Lipinski definition) is 13. The van der Waals surface area contributed by atoms with Gasteiger partial charge in [-0.05, 0) is 119 Å². The number of ether oxygens (including phenoxy) is 1. The highest BCUT2D eigenvalue weighted by atomic mass is 32.2. The summed E-state index contributed by atoms with van der Waals surface area (Å²) in [6.45, 7) is 3.19. The molecule has 0 saturated heterocycles. The third-order valence-electron chi connectivity index (χ3n) is 15.4. The Morgan fingerprint density at radius 2 is 1.27 bits per heavy atom. The van der Waals surface area contributed by atoms with E-state index < -0.39 is 127 Å². The number of aromatic hydroxyl groups is 1. The maximum atomic E-state index is 15.1. The molecule has 1 aromatic heterocycles. The number of alkyl carbamates (subject to hydrolysis) is 1. The van der Waals surface area contributed by atoms with E-state index in [9.17, 15) is 68.4 Å².